The molecule has 2 aromatic carbocycles. The Hall–Kier alpha value is -3.28. The fourth-order valence-electron chi connectivity index (χ4n) is 3.40. The van der Waals surface area contributed by atoms with E-state index < -0.39 is 0 Å². The quantitative estimate of drug-likeness (QED) is 0.743. The van der Waals surface area contributed by atoms with Crippen molar-refractivity contribution >= 4 is 11.7 Å². The number of nitrogens with zero attached hydrogens (tertiary/aromatic N) is 3. The van der Waals surface area contributed by atoms with Gasteiger partial charge in [-0.2, -0.15) is 0 Å². The van der Waals surface area contributed by atoms with Gasteiger partial charge >= 0.3 is 0 Å². The van der Waals surface area contributed by atoms with Crippen LogP contribution in [0, 0.1) is 5.82 Å². The Bertz CT molecular complexity index is 974. The van der Waals surface area contributed by atoms with Gasteiger partial charge in [0.25, 0.3) is 5.91 Å². The second-order valence-corrected chi connectivity index (χ2v) is 6.83. The molecule has 0 bridgehead atoms. The molecule has 4 rings (SSSR count). The number of hydrogen-bond acceptors (Lipinski definition) is 4. The van der Waals surface area contributed by atoms with E-state index in [-0.39, 0.29) is 11.7 Å². The van der Waals surface area contributed by atoms with E-state index in [1.54, 1.807) is 18.2 Å². The number of carbonyl (C=O) groups is 1. The third kappa shape index (κ3) is 4.17. The fraction of sp³-hybridized carbons (Fsp3) is 0.227. The molecule has 0 radical (unpaired) electrons. The second-order valence-electron chi connectivity index (χ2n) is 6.83. The summed E-state index contributed by atoms with van der Waals surface area (Å²) < 4.78 is 12.9. The summed E-state index contributed by atoms with van der Waals surface area (Å²) in [5, 5.41) is 2.87. The number of nitrogens with one attached hydrogen (secondary N) is 1. The van der Waals surface area contributed by atoms with E-state index in [1.807, 2.05) is 6.07 Å². The van der Waals surface area contributed by atoms with Crippen LogP contribution in [-0.2, 0) is 19.4 Å². The summed E-state index contributed by atoms with van der Waals surface area (Å²) in [6.07, 6.45) is 3.02. The average Bonchev–Trinajstić information content (AvgIpc) is 2.75. The molecule has 0 fully saturated rings. The molecule has 1 aliphatic rings. The van der Waals surface area contributed by atoms with Crippen LogP contribution in [-0.4, -0.2) is 29.0 Å². The van der Waals surface area contributed by atoms with Crippen LogP contribution in [0.4, 0.5) is 10.2 Å². The van der Waals surface area contributed by atoms with Crippen LogP contribution >= 0.6 is 0 Å². The highest BCUT2D eigenvalue weighted by molar-refractivity contribution is 5.92. The van der Waals surface area contributed by atoms with Crippen molar-refractivity contribution in [1.29, 1.82) is 0 Å². The molecule has 3 aromatic rings. The SMILES string of the molecule is O=C(NCCc1ccc(F)cc1)c1cc(N2CCc3ccccc3C2)ncn1. The maximum absolute atomic E-state index is 12.9. The topological polar surface area (TPSA) is 58.1 Å². The van der Waals surface area contributed by atoms with Crippen molar-refractivity contribution in [2.75, 3.05) is 18.0 Å². The lowest BCUT2D eigenvalue weighted by Gasteiger charge is -2.29. The number of benzene rings is 2. The highest BCUT2D eigenvalue weighted by atomic mass is 19.1. The van der Waals surface area contributed by atoms with Crippen molar-refractivity contribution < 1.29 is 9.18 Å². The van der Waals surface area contributed by atoms with Gasteiger partial charge < -0.3 is 10.2 Å². The largest absolute Gasteiger partial charge is 0.352 e. The Morgan fingerprint density at radius 2 is 1.86 bits per heavy atom. The van der Waals surface area contributed by atoms with Crippen LogP contribution in [0.1, 0.15) is 27.2 Å². The summed E-state index contributed by atoms with van der Waals surface area (Å²) >= 11 is 0. The summed E-state index contributed by atoms with van der Waals surface area (Å²) in [5.41, 5.74) is 3.98. The zero-order chi connectivity index (χ0) is 19.3. The van der Waals surface area contributed by atoms with Crippen molar-refractivity contribution in [1.82, 2.24) is 15.3 Å². The van der Waals surface area contributed by atoms with Gasteiger partial charge in [0.15, 0.2) is 0 Å². The first-order valence-corrected chi connectivity index (χ1v) is 9.35. The summed E-state index contributed by atoms with van der Waals surface area (Å²) in [6, 6.07) is 16.4. The number of carbonyl (C=O) groups excluding carboxylic acids is 1. The smallest absolute Gasteiger partial charge is 0.270 e. The van der Waals surface area contributed by atoms with Gasteiger partial charge in [0.1, 0.15) is 23.7 Å². The minimum absolute atomic E-state index is 0.233. The van der Waals surface area contributed by atoms with Crippen molar-refractivity contribution in [2.24, 2.45) is 0 Å². The van der Waals surface area contributed by atoms with Gasteiger partial charge in [-0.25, -0.2) is 14.4 Å². The van der Waals surface area contributed by atoms with Gasteiger partial charge in [-0.05, 0) is 41.7 Å². The maximum atomic E-state index is 12.9. The predicted molar refractivity (Wildman–Crippen MR) is 106 cm³/mol. The van der Waals surface area contributed by atoms with E-state index in [2.05, 4.69) is 38.4 Å². The number of hydrogen-bond donors (Lipinski definition) is 1. The summed E-state index contributed by atoms with van der Waals surface area (Å²) in [6.45, 7) is 2.10. The van der Waals surface area contributed by atoms with Crippen molar-refractivity contribution in [3.8, 4) is 0 Å². The molecule has 142 valence electrons. The third-order valence-corrected chi connectivity index (χ3v) is 4.95. The minimum Gasteiger partial charge on any atom is -0.352 e. The van der Waals surface area contributed by atoms with Crippen LogP contribution in [0.3, 0.4) is 0 Å². The molecule has 0 aliphatic carbocycles. The fourth-order valence-corrected chi connectivity index (χ4v) is 3.40. The molecule has 1 amide bonds. The van der Waals surface area contributed by atoms with Gasteiger partial charge in [-0.1, -0.05) is 36.4 Å². The number of rotatable bonds is 5. The molecule has 0 saturated heterocycles. The highest BCUT2D eigenvalue weighted by Crippen LogP contribution is 2.23. The van der Waals surface area contributed by atoms with Gasteiger partial charge in [0, 0.05) is 25.7 Å². The molecule has 6 heteroatoms. The Kier molecular flexibility index (Phi) is 5.28. The second kappa shape index (κ2) is 8.17. The summed E-state index contributed by atoms with van der Waals surface area (Å²) in [5.74, 6) is 0.262. The lowest BCUT2D eigenvalue weighted by molar-refractivity contribution is 0.0949. The zero-order valence-electron chi connectivity index (χ0n) is 15.4. The van der Waals surface area contributed by atoms with Gasteiger partial charge in [0.2, 0.25) is 0 Å². The Morgan fingerprint density at radius 1 is 1.07 bits per heavy atom. The Morgan fingerprint density at radius 3 is 2.68 bits per heavy atom. The summed E-state index contributed by atoms with van der Waals surface area (Å²) in [4.78, 5) is 23.1. The van der Waals surface area contributed by atoms with E-state index in [4.69, 9.17) is 0 Å². The standard InChI is InChI=1S/C22H21FN4O/c23-19-7-5-16(6-8-19)9-11-24-22(28)20-13-21(26-15-25-20)27-12-10-17-3-1-2-4-18(17)14-27/h1-8,13,15H,9-12,14H2,(H,24,28). The zero-order valence-corrected chi connectivity index (χ0v) is 15.4. The lowest BCUT2D eigenvalue weighted by Crippen LogP contribution is -2.32. The van der Waals surface area contributed by atoms with Crippen LogP contribution in [0.25, 0.3) is 0 Å². The Labute approximate surface area is 163 Å². The summed E-state index contributed by atoms with van der Waals surface area (Å²) in [7, 11) is 0. The monoisotopic (exact) mass is 376 g/mol. The highest BCUT2D eigenvalue weighted by Gasteiger charge is 2.18. The first-order chi connectivity index (χ1) is 13.7. The molecule has 0 saturated carbocycles. The number of aromatic nitrogens is 2. The molecule has 0 atom stereocenters. The number of amides is 1. The normalized spacial score (nSPS) is 13.1. The molecule has 28 heavy (non-hydrogen) atoms. The van der Waals surface area contributed by atoms with E-state index in [0.717, 1.165) is 30.9 Å². The van der Waals surface area contributed by atoms with Crippen molar-refractivity contribution in [3.63, 3.8) is 0 Å². The van der Waals surface area contributed by atoms with Gasteiger partial charge in [0.05, 0.1) is 0 Å². The first-order valence-electron chi connectivity index (χ1n) is 9.35. The molecule has 0 spiro atoms. The maximum Gasteiger partial charge on any atom is 0.270 e. The van der Waals surface area contributed by atoms with Gasteiger partial charge in [-0.15, -0.1) is 0 Å². The van der Waals surface area contributed by atoms with Crippen LogP contribution < -0.4 is 10.2 Å². The molecule has 0 unspecified atom stereocenters. The Balaban J connectivity index is 1.38. The van der Waals surface area contributed by atoms with Crippen LogP contribution in [0.2, 0.25) is 0 Å². The lowest BCUT2D eigenvalue weighted by atomic mass is 10.00. The molecule has 5 nitrogen and oxygen atoms in total. The van der Waals surface area contributed by atoms with E-state index >= 15 is 0 Å². The van der Waals surface area contributed by atoms with E-state index in [1.165, 1.54) is 29.6 Å². The molecular weight excluding hydrogens is 355 g/mol. The molecule has 1 aromatic heterocycles. The van der Waals surface area contributed by atoms with E-state index in [0.29, 0.717) is 18.7 Å². The average molecular weight is 376 g/mol. The number of anilines is 1. The molecule has 2 heterocycles. The third-order valence-electron chi connectivity index (χ3n) is 4.95. The number of fused-ring (bicyclic) bond motifs is 1. The van der Waals surface area contributed by atoms with Crippen molar-refractivity contribution in [3.05, 3.63) is 89.1 Å². The van der Waals surface area contributed by atoms with Crippen LogP contribution in [0.5, 0.6) is 0 Å². The number of halogens is 1. The van der Waals surface area contributed by atoms with E-state index in [9.17, 15) is 9.18 Å². The van der Waals surface area contributed by atoms with Crippen LogP contribution in [0.15, 0.2) is 60.9 Å². The molecule has 1 N–H and O–H groups in total. The van der Waals surface area contributed by atoms with Gasteiger partial charge in [-0.3, -0.25) is 4.79 Å². The molecule has 1 aliphatic heterocycles. The predicted octanol–water partition coefficient (Wildman–Crippen LogP) is 3.15. The minimum atomic E-state index is -0.262. The first kappa shape index (κ1) is 18.1. The van der Waals surface area contributed by atoms with Crippen molar-refractivity contribution in [2.45, 2.75) is 19.4 Å². The molecular formula is C22H21FN4O.